The Balaban J connectivity index is 0.00000288. The molecule has 2 aromatic carbocycles. The van der Waals surface area contributed by atoms with Crippen molar-refractivity contribution >= 4 is 11.6 Å². The second kappa shape index (κ2) is 11.3. The first-order chi connectivity index (χ1) is 11.2. The Morgan fingerprint density at radius 2 is 1.75 bits per heavy atom. The first-order valence-corrected chi connectivity index (χ1v) is 8.58. The van der Waals surface area contributed by atoms with Gasteiger partial charge in [-0.3, -0.25) is 0 Å². The number of aliphatic hydroxyl groups excluding tert-OH is 1. The number of hydrogen-bond donors (Lipinski definition) is 2. The minimum absolute atomic E-state index is 0. The van der Waals surface area contributed by atoms with Gasteiger partial charge in [0.25, 0.3) is 0 Å². The number of hydrogen-bond acceptors (Lipinski definition) is 2. The molecule has 132 valence electrons. The van der Waals surface area contributed by atoms with Crippen LogP contribution in [0, 0.1) is 0 Å². The van der Waals surface area contributed by atoms with Gasteiger partial charge in [0, 0.05) is 12.3 Å². The maximum atomic E-state index is 10.4. The topological polar surface area (TPSA) is 46.1 Å². The molecule has 0 aromatic heterocycles. The SMILES string of the molecule is CC([NH2+]CCCCl)C(O)c1ccc(OCc2ccccc2)cc1.[Cl-]. The van der Waals surface area contributed by atoms with E-state index in [2.05, 4.69) is 5.32 Å². The van der Waals surface area contributed by atoms with Gasteiger partial charge in [0.1, 0.15) is 24.5 Å². The van der Waals surface area contributed by atoms with Crippen molar-refractivity contribution in [3.05, 3.63) is 65.7 Å². The molecule has 5 heteroatoms. The maximum Gasteiger partial charge on any atom is 0.130 e. The Morgan fingerprint density at radius 1 is 1.08 bits per heavy atom. The molecular weight excluding hydrogens is 345 g/mol. The minimum atomic E-state index is -0.492. The van der Waals surface area contributed by atoms with Crippen LogP contribution in [-0.4, -0.2) is 23.6 Å². The molecule has 0 saturated carbocycles. The average Bonchev–Trinajstić information content (AvgIpc) is 2.61. The summed E-state index contributed by atoms with van der Waals surface area (Å²) in [6, 6.07) is 17.8. The lowest BCUT2D eigenvalue weighted by atomic mass is 10.0. The van der Waals surface area contributed by atoms with Gasteiger partial charge in [-0.15, -0.1) is 11.6 Å². The van der Waals surface area contributed by atoms with Crippen molar-refractivity contribution in [2.45, 2.75) is 32.1 Å². The molecule has 0 bridgehead atoms. The zero-order valence-corrected chi connectivity index (χ0v) is 15.4. The molecule has 24 heavy (non-hydrogen) atoms. The van der Waals surface area contributed by atoms with E-state index in [-0.39, 0.29) is 18.4 Å². The van der Waals surface area contributed by atoms with E-state index in [1.807, 2.05) is 61.5 Å². The highest BCUT2D eigenvalue weighted by molar-refractivity contribution is 6.17. The van der Waals surface area contributed by atoms with Gasteiger partial charge in [-0.25, -0.2) is 0 Å². The van der Waals surface area contributed by atoms with E-state index in [0.29, 0.717) is 12.5 Å². The fourth-order valence-corrected chi connectivity index (χ4v) is 2.55. The molecule has 3 nitrogen and oxygen atoms in total. The lowest BCUT2D eigenvalue weighted by Crippen LogP contribution is -3.00. The van der Waals surface area contributed by atoms with Gasteiger partial charge in [-0.05, 0) is 30.2 Å². The molecule has 2 aromatic rings. The van der Waals surface area contributed by atoms with Crippen molar-refractivity contribution in [3.8, 4) is 5.75 Å². The monoisotopic (exact) mass is 369 g/mol. The predicted octanol–water partition coefficient (Wildman–Crippen LogP) is -0.116. The van der Waals surface area contributed by atoms with Crippen LogP contribution in [-0.2, 0) is 6.61 Å². The van der Waals surface area contributed by atoms with Crippen LogP contribution in [0.5, 0.6) is 5.75 Å². The Morgan fingerprint density at radius 3 is 2.38 bits per heavy atom. The van der Waals surface area contributed by atoms with Gasteiger partial charge in [-0.1, -0.05) is 42.5 Å². The van der Waals surface area contributed by atoms with Gasteiger partial charge in [0.2, 0.25) is 0 Å². The molecule has 2 rings (SSSR count). The molecule has 0 fully saturated rings. The van der Waals surface area contributed by atoms with Crippen molar-refractivity contribution in [1.82, 2.24) is 0 Å². The minimum Gasteiger partial charge on any atom is -1.00 e. The van der Waals surface area contributed by atoms with Crippen LogP contribution in [0.3, 0.4) is 0 Å². The van der Waals surface area contributed by atoms with Crippen LogP contribution < -0.4 is 22.5 Å². The highest BCUT2D eigenvalue weighted by atomic mass is 35.5. The smallest absolute Gasteiger partial charge is 0.130 e. The van der Waals surface area contributed by atoms with E-state index in [0.717, 1.165) is 29.8 Å². The molecular formula is C19H25Cl2NO2. The summed E-state index contributed by atoms with van der Waals surface area (Å²) in [5.74, 6) is 1.47. The molecule has 0 spiro atoms. The van der Waals surface area contributed by atoms with Gasteiger partial charge in [0.15, 0.2) is 0 Å². The van der Waals surface area contributed by atoms with Gasteiger partial charge >= 0.3 is 0 Å². The zero-order chi connectivity index (χ0) is 16.5. The lowest BCUT2D eigenvalue weighted by molar-refractivity contribution is -0.694. The quantitative estimate of drug-likeness (QED) is 0.478. The Bertz CT molecular complexity index is 563. The molecule has 2 unspecified atom stereocenters. The maximum absolute atomic E-state index is 10.4. The standard InChI is InChI=1S/C19H24ClNO2.ClH/c1-15(21-13-5-12-20)19(22)17-8-10-18(11-9-17)23-14-16-6-3-2-4-7-16;/h2-4,6-11,15,19,21-22H,5,12-14H2,1H3;1H. The highest BCUT2D eigenvalue weighted by Gasteiger charge is 2.18. The summed E-state index contributed by atoms with van der Waals surface area (Å²) < 4.78 is 5.76. The van der Waals surface area contributed by atoms with Gasteiger partial charge < -0.3 is 27.6 Å². The van der Waals surface area contributed by atoms with E-state index < -0.39 is 6.10 Å². The van der Waals surface area contributed by atoms with Crippen LogP contribution in [0.1, 0.15) is 30.6 Å². The number of aliphatic hydroxyl groups is 1. The van der Waals surface area contributed by atoms with Crippen molar-refractivity contribution < 1.29 is 27.6 Å². The molecule has 0 aliphatic carbocycles. The summed E-state index contributed by atoms with van der Waals surface area (Å²) in [6.45, 7) is 3.50. The number of benzene rings is 2. The number of halogens is 2. The molecule has 2 atom stereocenters. The lowest BCUT2D eigenvalue weighted by Gasteiger charge is -2.18. The Hall–Kier alpha value is -1.26. The van der Waals surface area contributed by atoms with Crippen LogP contribution in [0.25, 0.3) is 0 Å². The van der Waals surface area contributed by atoms with E-state index in [4.69, 9.17) is 16.3 Å². The third-order valence-electron chi connectivity index (χ3n) is 3.84. The number of nitrogens with two attached hydrogens (primary N) is 1. The molecule has 0 aliphatic rings. The third kappa shape index (κ3) is 6.70. The van der Waals surface area contributed by atoms with Crippen molar-refractivity contribution in [2.24, 2.45) is 0 Å². The number of alkyl halides is 1. The largest absolute Gasteiger partial charge is 1.00 e. The molecule has 0 saturated heterocycles. The summed E-state index contributed by atoms with van der Waals surface area (Å²) in [4.78, 5) is 0. The van der Waals surface area contributed by atoms with Crippen molar-refractivity contribution in [3.63, 3.8) is 0 Å². The van der Waals surface area contributed by atoms with Crippen LogP contribution in [0.4, 0.5) is 0 Å². The number of quaternary nitrogens is 1. The second-order valence-electron chi connectivity index (χ2n) is 5.71. The third-order valence-corrected chi connectivity index (χ3v) is 4.11. The van der Waals surface area contributed by atoms with E-state index in [1.165, 1.54) is 0 Å². The Labute approximate surface area is 155 Å². The summed E-state index contributed by atoms with van der Waals surface area (Å²) >= 11 is 5.68. The molecule has 0 radical (unpaired) electrons. The Kier molecular flexibility index (Phi) is 9.80. The highest BCUT2D eigenvalue weighted by Crippen LogP contribution is 2.20. The average molecular weight is 370 g/mol. The molecule has 3 N–H and O–H groups in total. The van der Waals surface area contributed by atoms with Crippen LogP contribution in [0.15, 0.2) is 54.6 Å². The molecule has 0 heterocycles. The predicted molar refractivity (Wildman–Crippen MR) is 93.8 cm³/mol. The van der Waals surface area contributed by atoms with E-state index in [1.54, 1.807) is 0 Å². The summed E-state index contributed by atoms with van der Waals surface area (Å²) in [5, 5.41) is 12.5. The van der Waals surface area contributed by atoms with E-state index >= 15 is 0 Å². The van der Waals surface area contributed by atoms with Crippen molar-refractivity contribution in [2.75, 3.05) is 12.4 Å². The summed E-state index contributed by atoms with van der Waals surface area (Å²) in [7, 11) is 0. The zero-order valence-electron chi connectivity index (χ0n) is 13.9. The summed E-state index contributed by atoms with van der Waals surface area (Å²) in [5.41, 5.74) is 2.05. The van der Waals surface area contributed by atoms with Gasteiger partial charge in [-0.2, -0.15) is 0 Å². The van der Waals surface area contributed by atoms with Crippen LogP contribution in [0.2, 0.25) is 0 Å². The van der Waals surface area contributed by atoms with Gasteiger partial charge in [0.05, 0.1) is 6.54 Å². The van der Waals surface area contributed by atoms with Crippen LogP contribution >= 0.6 is 11.6 Å². The number of rotatable bonds is 9. The number of ether oxygens (including phenoxy) is 1. The fourth-order valence-electron chi connectivity index (χ4n) is 2.39. The summed E-state index contributed by atoms with van der Waals surface area (Å²) in [6.07, 6.45) is 0.457. The molecule has 0 amide bonds. The normalized spacial score (nSPS) is 13.0. The fraction of sp³-hybridized carbons (Fsp3) is 0.368. The molecule has 0 aliphatic heterocycles. The first-order valence-electron chi connectivity index (χ1n) is 8.04. The van der Waals surface area contributed by atoms with Crippen molar-refractivity contribution in [1.29, 1.82) is 0 Å². The first kappa shape index (κ1) is 20.8. The second-order valence-corrected chi connectivity index (χ2v) is 6.09. The van der Waals surface area contributed by atoms with E-state index in [9.17, 15) is 5.11 Å².